The van der Waals surface area contributed by atoms with E-state index in [4.69, 9.17) is 0 Å². The highest BCUT2D eigenvalue weighted by molar-refractivity contribution is 5.07. The molecule has 1 rings (SSSR count). The van der Waals surface area contributed by atoms with Crippen LogP contribution < -0.4 is 5.32 Å². The summed E-state index contributed by atoms with van der Waals surface area (Å²) in [6, 6.07) is 0. The fraction of sp³-hybridized carbons (Fsp3) is 0.714. The van der Waals surface area contributed by atoms with Crippen molar-refractivity contribution in [1.29, 1.82) is 0 Å². The van der Waals surface area contributed by atoms with Gasteiger partial charge in [-0.3, -0.25) is 4.68 Å². The zero-order valence-corrected chi connectivity index (χ0v) is 7.42. The lowest BCUT2D eigenvalue weighted by Gasteiger charge is -2.22. The van der Waals surface area contributed by atoms with E-state index in [1.165, 1.54) is 0 Å². The van der Waals surface area contributed by atoms with Crippen molar-refractivity contribution in [3.05, 3.63) is 11.9 Å². The summed E-state index contributed by atoms with van der Waals surface area (Å²) in [6.45, 7) is 4.18. The Morgan fingerprint density at radius 2 is 2.18 bits per heavy atom. The Balaban J connectivity index is 3.00. The lowest BCUT2D eigenvalue weighted by molar-refractivity contribution is 0.409. The second kappa shape index (κ2) is 2.62. The van der Waals surface area contributed by atoms with Gasteiger partial charge in [0.05, 0.1) is 17.4 Å². The van der Waals surface area contributed by atoms with Crippen molar-refractivity contribution in [1.82, 2.24) is 20.3 Å². The number of aromatic nitrogens is 3. The van der Waals surface area contributed by atoms with E-state index in [1.807, 2.05) is 14.1 Å². The molecule has 0 bridgehead atoms. The van der Waals surface area contributed by atoms with Gasteiger partial charge < -0.3 is 5.32 Å². The molecule has 1 N–H and O–H groups in total. The highest BCUT2D eigenvalue weighted by Gasteiger charge is 2.21. The van der Waals surface area contributed by atoms with E-state index < -0.39 is 0 Å². The molecule has 11 heavy (non-hydrogen) atoms. The molecule has 0 radical (unpaired) electrons. The summed E-state index contributed by atoms with van der Waals surface area (Å²) < 4.78 is 1.77. The van der Waals surface area contributed by atoms with Crippen LogP contribution in [0.2, 0.25) is 0 Å². The maximum absolute atomic E-state index is 3.86. The van der Waals surface area contributed by atoms with Crippen molar-refractivity contribution in [2.45, 2.75) is 19.4 Å². The Kier molecular flexibility index (Phi) is 1.95. The quantitative estimate of drug-likeness (QED) is 0.665. The van der Waals surface area contributed by atoms with E-state index in [0.717, 1.165) is 5.69 Å². The first-order chi connectivity index (χ1) is 5.08. The van der Waals surface area contributed by atoms with Crippen LogP contribution >= 0.6 is 0 Å². The Morgan fingerprint density at radius 1 is 1.55 bits per heavy atom. The van der Waals surface area contributed by atoms with E-state index >= 15 is 0 Å². The summed E-state index contributed by atoms with van der Waals surface area (Å²) in [5, 5.41) is 10.9. The number of nitrogens with one attached hydrogen (secondary N) is 1. The molecule has 0 aliphatic heterocycles. The molecule has 0 aliphatic rings. The van der Waals surface area contributed by atoms with Crippen LogP contribution in [0.25, 0.3) is 0 Å². The molecular weight excluding hydrogens is 140 g/mol. The fourth-order valence-electron chi connectivity index (χ4n) is 0.984. The minimum atomic E-state index is -0.0573. The molecule has 62 valence electrons. The molecule has 0 aromatic carbocycles. The van der Waals surface area contributed by atoms with Crippen molar-refractivity contribution >= 4 is 0 Å². The van der Waals surface area contributed by atoms with Gasteiger partial charge in [-0.25, -0.2) is 0 Å². The summed E-state index contributed by atoms with van der Waals surface area (Å²) in [5.74, 6) is 0. The summed E-state index contributed by atoms with van der Waals surface area (Å²) in [4.78, 5) is 0. The van der Waals surface area contributed by atoms with Crippen LogP contribution in [0.15, 0.2) is 6.20 Å². The Morgan fingerprint density at radius 3 is 2.55 bits per heavy atom. The third-order valence-corrected chi connectivity index (χ3v) is 1.98. The SMILES string of the molecule is CNC(C)(C)c1cnnn1C. The first-order valence-corrected chi connectivity index (χ1v) is 3.62. The molecule has 0 unspecified atom stereocenters. The molecular formula is C7H14N4. The van der Waals surface area contributed by atoms with Crippen LogP contribution in [-0.2, 0) is 12.6 Å². The van der Waals surface area contributed by atoms with E-state index in [9.17, 15) is 0 Å². The lowest BCUT2D eigenvalue weighted by Crippen LogP contribution is -2.35. The second-order valence-corrected chi connectivity index (χ2v) is 3.12. The van der Waals surface area contributed by atoms with Crippen molar-refractivity contribution < 1.29 is 0 Å². The van der Waals surface area contributed by atoms with Crippen molar-refractivity contribution in [2.75, 3.05) is 7.05 Å². The van der Waals surface area contributed by atoms with E-state index in [-0.39, 0.29) is 5.54 Å². The minimum Gasteiger partial charge on any atom is -0.310 e. The van der Waals surface area contributed by atoms with E-state index in [2.05, 4.69) is 29.5 Å². The standard InChI is InChI=1S/C7H14N4/c1-7(2,8-3)6-5-9-10-11(6)4/h5,8H,1-4H3. The summed E-state index contributed by atoms with van der Waals surface area (Å²) in [7, 11) is 3.81. The lowest BCUT2D eigenvalue weighted by atomic mass is 10.0. The van der Waals surface area contributed by atoms with Gasteiger partial charge in [-0.1, -0.05) is 5.21 Å². The monoisotopic (exact) mass is 154 g/mol. The Hall–Kier alpha value is -0.900. The first kappa shape index (κ1) is 8.20. The molecule has 0 saturated carbocycles. The topological polar surface area (TPSA) is 42.7 Å². The van der Waals surface area contributed by atoms with Gasteiger partial charge in [0.1, 0.15) is 0 Å². The Labute approximate surface area is 66.6 Å². The molecule has 1 aromatic rings. The van der Waals surface area contributed by atoms with E-state index in [0.29, 0.717) is 0 Å². The van der Waals surface area contributed by atoms with Gasteiger partial charge in [0, 0.05) is 7.05 Å². The van der Waals surface area contributed by atoms with Gasteiger partial charge in [-0.2, -0.15) is 0 Å². The molecule has 1 heterocycles. The second-order valence-electron chi connectivity index (χ2n) is 3.12. The van der Waals surface area contributed by atoms with Crippen molar-refractivity contribution in [3.63, 3.8) is 0 Å². The normalized spacial score (nSPS) is 12.0. The summed E-state index contributed by atoms with van der Waals surface area (Å²) in [5.41, 5.74) is 1.03. The van der Waals surface area contributed by atoms with Crippen LogP contribution in [0, 0.1) is 0 Å². The molecule has 1 aromatic heterocycles. The van der Waals surface area contributed by atoms with Crippen LogP contribution in [0.1, 0.15) is 19.5 Å². The number of nitrogens with zero attached hydrogens (tertiary/aromatic N) is 3. The molecule has 4 nitrogen and oxygen atoms in total. The van der Waals surface area contributed by atoms with Gasteiger partial charge in [-0.05, 0) is 20.9 Å². The summed E-state index contributed by atoms with van der Waals surface area (Å²) >= 11 is 0. The molecule has 0 aliphatic carbocycles. The minimum absolute atomic E-state index is 0.0573. The first-order valence-electron chi connectivity index (χ1n) is 3.62. The molecule has 0 spiro atoms. The van der Waals surface area contributed by atoms with Gasteiger partial charge in [-0.15, -0.1) is 5.10 Å². The number of hydrogen-bond acceptors (Lipinski definition) is 3. The van der Waals surface area contributed by atoms with Gasteiger partial charge >= 0.3 is 0 Å². The molecule has 0 amide bonds. The predicted octanol–water partition coefficient (Wildman–Crippen LogP) is 0.270. The number of hydrogen-bond donors (Lipinski definition) is 1. The zero-order chi connectivity index (χ0) is 8.48. The smallest absolute Gasteiger partial charge is 0.0778 e. The van der Waals surface area contributed by atoms with Gasteiger partial charge in [0.2, 0.25) is 0 Å². The van der Waals surface area contributed by atoms with Crippen LogP contribution in [0.4, 0.5) is 0 Å². The predicted molar refractivity (Wildman–Crippen MR) is 43.1 cm³/mol. The average Bonchev–Trinajstić information content (AvgIpc) is 2.36. The molecule has 0 saturated heterocycles. The third kappa shape index (κ3) is 1.40. The maximum atomic E-state index is 3.86. The molecule has 4 heteroatoms. The fourth-order valence-corrected chi connectivity index (χ4v) is 0.984. The van der Waals surface area contributed by atoms with E-state index in [1.54, 1.807) is 10.9 Å². The third-order valence-electron chi connectivity index (χ3n) is 1.98. The zero-order valence-electron chi connectivity index (χ0n) is 7.42. The largest absolute Gasteiger partial charge is 0.310 e. The highest BCUT2D eigenvalue weighted by atomic mass is 15.4. The highest BCUT2D eigenvalue weighted by Crippen LogP contribution is 2.16. The maximum Gasteiger partial charge on any atom is 0.0778 e. The van der Waals surface area contributed by atoms with Crippen LogP contribution in [-0.4, -0.2) is 22.0 Å². The Bertz CT molecular complexity index is 238. The summed E-state index contributed by atoms with van der Waals surface area (Å²) in [6.07, 6.45) is 1.77. The van der Waals surface area contributed by atoms with Crippen LogP contribution in [0.3, 0.4) is 0 Å². The van der Waals surface area contributed by atoms with Gasteiger partial charge in [0.15, 0.2) is 0 Å². The average molecular weight is 154 g/mol. The van der Waals surface area contributed by atoms with Crippen molar-refractivity contribution in [2.24, 2.45) is 7.05 Å². The molecule has 0 fully saturated rings. The van der Waals surface area contributed by atoms with Crippen LogP contribution in [0.5, 0.6) is 0 Å². The number of aryl methyl sites for hydroxylation is 1. The molecule has 0 atom stereocenters. The number of rotatable bonds is 2. The van der Waals surface area contributed by atoms with Crippen molar-refractivity contribution in [3.8, 4) is 0 Å². The van der Waals surface area contributed by atoms with Gasteiger partial charge in [0.25, 0.3) is 0 Å².